The van der Waals surface area contributed by atoms with Gasteiger partial charge in [0, 0.05) is 18.7 Å². The lowest BCUT2D eigenvalue weighted by atomic mass is 10.1. The molecule has 0 heterocycles. The number of aliphatic hydroxyl groups is 1. The molecule has 0 aromatic heterocycles. The van der Waals surface area contributed by atoms with Crippen molar-refractivity contribution in [2.45, 2.75) is 25.5 Å². The first-order valence-corrected chi connectivity index (χ1v) is 6.19. The molecule has 2 rings (SSSR count). The molecule has 0 spiro atoms. The van der Waals surface area contributed by atoms with Crippen molar-refractivity contribution in [3.05, 3.63) is 29.8 Å². The molecule has 1 saturated carbocycles. The number of ether oxygens (including phenoxy) is 1. The highest BCUT2D eigenvalue weighted by Gasteiger charge is 2.30. The molecule has 1 aromatic rings. The van der Waals surface area contributed by atoms with Crippen LogP contribution in [0.1, 0.15) is 18.4 Å². The number of aliphatic hydroxyl groups excluding tert-OH is 1. The summed E-state index contributed by atoms with van der Waals surface area (Å²) in [4.78, 5) is 2.15. The second-order valence-electron chi connectivity index (χ2n) is 4.91. The zero-order valence-electron chi connectivity index (χ0n) is 10.6. The van der Waals surface area contributed by atoms with Crippen molar-refractivity contribution in [2.24, 2.45) is 5.92 Å². The first-order valence-electron chi connectivity index (χ1n) is 6.19. The molecule has 1 atom stereocenters. The van der Waals surface area contributed by atoms with Gasteiger partial charge in [-0.3, -0.25) is 4.90 Å². The van der Waals surface area contributed by atoms with Crippen LogP contribution in [0.25, 0.3) is 0 Å². The Morgan fingerprint density at radius 1 is 1.41 bits per heavy atom. The van der Waals surface area contributed by atoms with Gasteiger partial charge in [0.15, 0.2) is 0 Å². The van der Waals surface area contributed by atoms with Gasteiger partial charge in [-0.05, 0) is 31.9 Å². The van der Waals surface area contributed by atoms with Crippen molar-refractivity contribution in [1.82, 2.24) is 4.90 Å². The SMILES string of the molecule is COc1ccccc1CN(C)CC(O)C1CC1. The molecule has 1 fully saturated rings. The molecule has 0 saturated heterocycles. The van der Waals surface area contributed by atoms with Gasteiger partial charge in [0.05, 0.1) is 13.2 Å². The molecule has 3 nitrogen and oxygen atoms in total. The maximum absolute atomic E-state index is 9.89. The fraction of sp³-hybridized carbons (Fsp3) is 0.571. The number of methoxy groups -OCH3 is 1. The number of hydrogen-bond acceptors (Lipinski definition) is 3. The van der Waals surface area contributed by atoms with Gasteiger partial charge in [0.2, 0.25) is 0 Å². The highest BCUT2D eigenvalue weighted by molar-refractivity contribution is 5.32. The predicted molar refractivity (Wildman–Crippen MR) is 68.1 cm³/mol. The summed E-state index contributed by atoms with van der Waals surface area (Å²) in [5.41, 5.74) is 1.17. The Labute approximate surface area is 103 Å². The summed E-state index contributed by atoms with van der Waals surface area (Å²) in [6.07, 6.45) is 2.20. The summed E-state index contributed by atoms with van der Waals surface area (Å²) in [6.45, 7) is 1.55. The molecular formula is C14H21NO2. The third kappa shape index (κ3) is 3.45. The molecule has 1 N–H and O–H groups in total. The van der Waals surface area contributed by atoms with Gasteiger partial charge in [0.1, 0.15) is 5.75 Å². The summed E-state index contributed by atoms with van der Waals surface area (Å²) < 4.78 is 5.32. The van der Waals surface area contributed by atoms with Crippen LogP contribution in [0.5, 0.6) is 5.75 Å². The van der Waals surface area contributed by atoms with E-state index in [0.29, 0.717) is 5.92 Å². The summed E-state index contributed by atoms with van der Waals surface area (Å²) in [5.74, 6) is 1.45. The smallest absolute Gasteiger partial charge is 0.123 e. The summed E-state index contributed by atoms with van der Waals surface area (Å²) >= 11 is 0. The largest absolute Gasteiger partial charge is 0.496 e. The molecule has 0 amide bonds. The Morgan fingerprint density at radius 3 is 2.76 bits per heavy atom. The molecule has 3 heteroatoms. The van der Waals surface area contributed by atoms with Gasteiger partial charge in [0.25, 0.3) is 0 Å². The van der Waals surface area contributed by atoms with E-state index in [1.165, 1.54) is 18.4 Å². The van der Waals surface area contributed by atoms with Gasteiger partial charge in [-0.25, -0.2) is 0 Å². The normalized spacial score (nSPS) is 17.2. The van der Waals surface area contributed by atoms with E-state index in [2.05, 4.69) is 11.0 Å². The lowest BCUT2D eigenvalue weighted by Gasteiger charge is -2.21. The van der Waals surface area contributed by atoms with Crippen LogP contribution in [0.2, 0.25) is 0 Å². The van der Waals surface area contributed by atoms with Gasteiger partial charge in [-0.1, -0.05) is 18.2 Å². The third-order valence-corrected chi connectivity index (χ3v) is 3.30. The predicted octanol–water partition coefficient (Wildman–Crippen LogP) is 1.90. The highest BCUT2D eigenvalue weighted by Crippen LogP contribution is 2.33. The van der Waals surface area contributed by atoms with E-state index in [-0.39, 0.29) is 6.10 Å². The van der Waals surface area contributed by atoms with E-state index in [9.17, 15) is 5.11 Å². The van der Waals surface area contributed by atoms with Gasteiger partial charge in [-0.15, -0.1) is 0 Å². The van der Waals surface area contributed by atoms with Crippen LogP contribution in [0.3, 0.4) is 0 Å². The first kappa shape index (κ1) is 12.4. The van der Waals surface area contributed by atoms with Crippen LogP contribution in [0.4, 0.5) is 0 Å². The molecule has 0 radical (unpaired) electrons. The number of likely N-dealkylation sites (N-methyl/N-ethyl adjacent to an activating group) is 1. The Bertz CT molecular complexity index is 363. The van der Waals surface area contributed by atoms with Crippen LogP contribution >= 0.6 is 0 Å². The van der Waals surface area contributed by atoms with Crippen LogP contribution in [-0.2, 0) is 6.54 Å². The quantitative estimate of drug-likeness (QED) is 0.817. The van der Waals surface area contributed by atoms with Crippen molar-refractivity contribution in [3.63, 3.8) is 0 Å². The zero-order chi connectivity index (χ0) is 12.3. The maximum Gasteiger partial charge on any atom is 0.123 e. The van der Waals surface area contributed by atoms with E-state index in [4.69, 9.17) is 4.74 Å². The second-order valence-corrected chi connectivity index (χ2v) is 4.91. The molecule has 1 aliphatic rings. The minimum atomic E-state index is -0.172. The van der Waals surface area contributed by atoms with Crippen LogP contribution < -0.4 is 4.74 Å². The van der Waals surface area contributed by atoms with E-state index in [1.54, 1.807) is 7.11 Å². The van der Waals surface area contributed by atoms with Crippen molar-refractivity contribution in [2.75, 3.05) is 20.7 Å². The Morgan fingerprint density at radius 2 is 2.12 bits per heavy atom. The van der Waals surface area contributed by atoms with Crippen molar-refractivity contribution >= 4 is 0 Å². The lowest BCUT2D eigenvalue weighted by molar-refractivity contribution is 0.104. The van der Waals surface area contributed by atoms with E-state index >= 15 is 0 Å². The lowest BCUT2D eigenvalue weighted by Crippen LogP contribution is -2.30. The van der Waals surface area contributed by atoms with Gasteiger partial charge in [-0.2, -0.15) is 0 Å². The molecule has 0 bridgehead atoms. The second kappa shape index (κ2) is 5.52. The average molecular weight is 235 g/mol. The Hall–Kier alpha value is -1.06. The summed E-state index contributed by atoms with van der Waals surface area (Å²) in [7, 11) is 3.73. The third-order valence-electron chi connectivity index (χ3n) is 3.30. The molecule has 0 aliphatic heterocycles. The topological polar surface area (TPSA) is 32.7 Å². The standard InChI is InChI=1S/C14H21NO2/c1-15(10-13(16)11-7-8-11)9-12-5-3-4-6-14(12)17-2/h3-6,11,13,16H,7-10H2,1-2H3. The molecule has 1 aromatic carbocycles. The van der Waals surface area contributed by atoms with E-state index in [1.807, 2.05) is 25.2 Å². The van der Waals surface area contributed by atoms with Gasteiger partial charge < -0.3 is 9.84 Å². The van der Waals surface area contributed by atoms with E-state index in [0.717, 1.165) is 18.8 Å². The maximum atomic E-state index is 9.89. The minimum Gasteiger partial charge on any atom is -0.496 e. The van der Waals surface area contributed by atoms with Crippen molar-refractivity contribution in [1.29, 1.82) is 0 Å². The number of para-hydroxylation sites is 1. The van der Waals surface area contributed by atoms with Crippen LogP contribution in [-0.4, -0.2) is 36.8 Å². The zero-order valence-corrected chi connectivity index (χ0v) is 10.6. The minimum absolute atomic E-state index is 0.172. The molecule has 1 unspecified atom stereocenters. The van der Waals surface area contributed by atoms with Crippen LogP contribution in [0, 0.1) is 5.92 Å². The number of benzene rings is 1. The van der Waals surface area contributed by atoms with Crippen molar-refractivity contribution in [3.8, 4) is 5.75 Å². The fourth-order valence-electron chi connectivity index (χ4n) is 2.14. The Kier molecular flexibility index (Phi) is 4.02. The molecule has 94 valence electrons. The summed E-state index contributed by atoms with van der Waals surface area (Å²) in [6, 6.07) is 8.03. The Balaban J connectivity index is 1.90. The van der Waals surface area contributed by atoms with Crippen LogP contribution in [0.15, 0.2) is 24.3 Å². The van der Waals surface area contributed by atoms with E-state index < -0.39 is 0 Å². The molecular weight excluding hydrogens is 214 g/mol. The fourth-order valence-corrected chi connectivity index (χ4v) is 2.14. The average Bonchev–Trinajstić information content (AvgIpc) is 3.13. The molecule has 17 heavy (non-hydrogen) atoms. The number of rotatable bonds is 6. The number of hydrogen-bond donors (Lipinski definition) is 1. The highest BCUT2D eigenvalue weighted by atomic mass is 16.5. The number of nitrogens with zero attached hydrogens (tertiary/aromatic N) is 1. The van der Waals surface area contributed by atoms with Gasteiger partial charge >= 0.3 is 0 Å². The summed E-state index contributed by atoms with van der Waals surface area (Å²) in [5, 5.41) is 9.89. The molecule has 1 aliphatic carbocycles. The first-order chi connectivity index (χ1) is 8.20. The van der Waals surface area contributed by atoms with Crippen molar-refractivity contribution < 1.29 is 9.84 Å². The monoisotopic (exact) mass is 235 g/mol.